The van der Waals surface area contributed by atoms with Crippen molar-refractivity contribution < 1.29 is 17.9 Å². The van der Waals surface area contributed by atoms with E-state index >= 15 is 0 Å². The molecule has 29 heavy (non-hydrogen) atoms. The third kappa shape index (κ3) is 3.93. The summed E-state index contributed by atoms with van der Waals surface area (Å²) in [6.07, 6.45) is -4.43. The highest BCUT2D eigenvalue weighted by atomic mass is 35.5. The van der Waals surface area contributed by atoms with Gasteiger partial charge in [0.15, 0.2) is 0 Å². The van der Waals surface area contributed by atoms with Gasteiger partial charge in [-0.15, -0.1) is 0 Å². The van der Waals surface area contributed by atoms with Gasteiger partial charge < -0.3 is 9.30 Å². The maximum absolute atomic E-state index is 13.2. The fraction of sp³-hybridized carbons (Fsp3) is 0.136. The van der Waals surface area contributed by atoms with E-state index in [1.807, 2.05) is 28.8 Å². The summed E-state index contributed by atoms with van der Waals surface area (Å²) in [7, 11) is 1.55. The molecule has 0 fully saturated rings. The zero-order chi connectivity index (χ0) is 20.6. The second-order valence-electron chi connectivity index (χ2n) is 6.58. The number of hydrogen-bond acceptors (Lipinski definition) is 2. The van der Waals surface area contributed by atoms with Gasteiger partial charge in [0.1, 0.15) is 11.6 Å². The van der Waals surface area contributed by atoms with Crippen molar-refractivity contribution in [1.29, 1.82) is 0 Å². The molecule has 0 amide bonds. The highest BCUT2D eigenvalue weighted by Gasteiger charge is 2.31. The van der Waals surface area contributed by atoms with E-state index in [0.29, 0.717) is 34.2 Å². The molecule has 0 unspecified atom stereocenters. The van der Waals surface area contributed by atoms with Crippen molar-refractivity contribution in [3.63, 3.8) is 0 Å². The van der Waals surface area contributed by atoms with Crippen LogP contribution < -0.4 is 4.74 Å². The lowest BCUT2D eigenvalue weighted by atomic mass is 10.1. The highest BCUT2D eigenvalue weighted by Crippen LogP contribution is 2.34. The summed E-state index contributed by atoms with van der Waals surface area (Å²) in [6, 6.07) is 18.0. The Bertz CT molecular complexity index is 1180. The molecule has 0 N–H and O–H groups in total. The van der Waals surface area contributed by atoms with Gasteiger partial charge in [-0.05, 0) is 42.0 Å². The molecule has 0 saturated heterocycles. The second-order valence-corrected chi connectivity index (χ2v) is 7.02. The minimum atomic E-state index is -4.43. The summed E-state index contributed by atoms with van der Waals surface area (Å²) in [4.78, 5) is 4.62. The van der Waals surface area contributed by atoms with E-state index in [2.05, 4.69) is 4.98 Å². The van der Waals surface area contributed by atoms with Crippen molar-refractivity contribution in [3.05, 3.63) is 82.9 Å². The van der Waals surface area contributed by atoms with E-state index in [9.17, 15) is 13.2 Å². The number of hydrogen-bond donors (Lipinski definition) is 0. The van der Waals surface area contributed by atoms with Crippen molar-refractivity contribution >= 4 is 22.6 Å². The van der Waals surface area contributed by atoms with Gasteiger partial charge in [0.2, 0.25) is 0 Å². The van der Waals surface area contributed by atoms with E-state index in [0.717, 1.165) is 23.2 Å². The van der Waals surface area contributed by atoms with E-state index in [4.69, 9.17) is 16.3 Å². The molecule has 0 radical (unpaired) electrons. The van der Waals surface area contributed by atoms with Crippen LogP contribution in [0.4, 0.5) is 13.2 Å². The number of alkyl halides is 3. The average Bonchev–Trinajstić information content (AvgIpc) is 3.05. The van der Waals surface area contributed by atoms with Crippen molar-refractivity contribution in [3.8, 4) is 17.1 Å². The second kappa shape index (κ2) is 7.44. The summed E-state index contributed by atoms with van der Waals surface area (Å²) in [5.74, 6) is 1.07. The van der Waals surface area contributed by atoms with Crippen molar-refractivity contribution in [2.75, 3.05) is 7.11 Å². The molecule has 0 spiro atoms. The van der Waals surface area contributed by atoms with Gasteiger partial charge in [-0.25, -0.2) is 4.98 Å². The van der Waals surface area contributed by atoms with Gasteiger partial charge in [0, 0.05) is 23.2 Å². The minimum Gasteiger partial charge on any atom is -0.497 e. The SMILES string of the molecule is COc1ccc2c(c1)nc(-c1cccc(C(F)(F)F)c1)n2Cc1cccc(Cl)c1. The monoisotopic (exact) mass is 416 g/mol. The Morgan fingerprint density at radius 3 is 2.52 bits per heavy atom. The van der Waals surface area contributed by atoms with Crippen LogP contribution >= 0.6 is 11.6 Å². The smallest absolute Gasteiger partial charge is 0.416 e. The Kier molecular flexibility index (Phi) is 4.96. The van der Waals surface area contributed by atoms with E-state index in [1.54, 1.807) is 31.4 Å². The Morgan fingerprint density at radius 2 is 1.79 bits per heavy atom. The third-order valence-corrected chi connectivity index (χ3v) is 4.87. The van der Waals surface area contributed by atoms with Crippen LogP contribution in [0.3, 0.4) is 0 Å². The standard InChI is InChI=1S/C22H16ClF3N2O/c1-29-18-8-9-20-19(12-18)27-21(15-5-3-6-16(11-15)22(24,25)26)28(20)13-14-4-2-7-17(23)10-14/h2-12H,13H2,1H3. The Labute approximate surface area is 170 Å². The van der Waals surface area contributed by atoms with Crippen molar-refractivity contribution in [1.82, 2.24) is 9.55 Å². The summed E-state index contributed by atoms with van der Waals surface area (Å²) >= 11 is 6.10. The van der Waals surface area contributed by atoms with Gasteiger partial charge in [0.05, 0.1) is 23.7 Å². The van der Waals surface area contributed by atoms with E-state index in [-0.39, 0.29) is 0 Å². The Balaban J connectivity index is 1.90. The normalized spacial score (nSPS) is 11.8. The first-order chi connectivity index (χ1) is 13.8. The van der Waals surface area contributed by atoms with Crippen molar-refractivity contribution in [2.24, 2.45) is 0 Å². The maximum atomic E-state index is 13.2. The first-order valence-electron chi connectivity index (χ1n) is 8.81. The van der Waals surface area contributed by atoms with Crippen LogP contribution in [0.15, 0.2) is 66.7 Å². The van der Waals surface area contributed by atoms with Gasteiger partial charge >= 0.3 is 6.18 Å². The first kappa shape index (κ1) is 19.3. The molecule has 4 rings (SSSR count). The summed E-state index contributed by atoms with van der Waals surface area (Å²) in [6.45, 7) is 0.412. The number of benzene rings is 3. The molecule has 1 aromatic heterocycles. The first-order valence-corrected chi connectivity index (χ1v) is 9.19. The Morgan fingerprint density at radius 1 is 1.00 bits per heavy atom. The number of imidazole rings is 1. The lowest BCUT2D eigenvalue weighted by Gasteiger charge is -2.12. The average molecular weight is 417 g/mol. The third-order valence-electron chi connectivity index (χ3n) is 4.63. The van der Waals surface area contributed by atoms with Gasteiger partial charge in [-0.2, -0.15) is 13.2 Å². The quantitative estimate of drug-likeness (QED) is 0.383. The largest absolute Gasteiger partial charge is 0.497 e. The van der Waals surface area contributed by atoms with Gasteiger partial charge in [0.25, 0.3) is 0 Å². The number of nitrogens with zero attached hydrogens (tertiary/aromatic N) is 2. The molecular formula is C22H16ClF3N2O. The molecule has 7 heteroatoms. The zero-order valence-corrected chi connectivity index (χ0v) is 16.1. The van der Waals surface area contributed by atoms with E-state index < -0.39 is 11.7 Å². The number of fused-ring (bicyclic) bond motifs is 1. The molecule has 3 aromatic carbocycles. The molecule has 0 saturated carbocycles. The fourth-order valence-electron chi connectivity index (χ4n) is 3.27. The van der Waals surface area contributed by atoms with Crippen LogP contribution in [0, 0.1) is 0 Å². The summed E-state index contributed by atoms with van der Waals surface area (Å²) in [5, 5.41) is 0.592. The Hall–Kier alpha value is -2.99. The zero-order valence-electron chi connectivity index (χ0n) is 15.4. The van der Waals surface area contributed by atoms with Gasteiger partial charge in [-0.1, -0.05) is 35.9 Å². The lowest BCUT2D eigenvalue weighted by molar-refractivity contribution is -0.137. The van der Waals surface area contributed by atoms with Crippen molar-refractivity contribution in [2.45, 2.75) is 12.7 Å². The van der Waals surface area contributed by atoms with Crippen LogP contribution in [0.2, 0.25) is 5.02 Å². The molecule has 148 valence electrons. The number of aromatic nitrogens is 2. The van der Waals surface area contributed by atoms with Crippen LogP contribution in [0.5, 0.6) is 5.75 Å². The summed E-state index contributed by atoms with van der Waals surface area (Å²) < 4.78 is 46.8. The topological polar surface area (TPSA) is 27.1 Å². The molecule has 0 aliphatic rings. The van der Waals surface area contributed by atoms with Crippen LogP contribution in [0.25, 0.3) is 22.4 Å². The molecular weight excluding hydrogens is 401 g/mol. The van der Waals surface area contributed by atoms with Crippen LogP contribution in [0.1, 0.15) is 11.1 Å². The molecule has 0 aliphatic carbocycles. The lowest BCUT2D eigenvalue weighted by Crippen LogP contribution is -2.06. The molecule has 0 bridgehead atoms. The molecule has 0 aliphatic heterocycles. The van der Waals surface area contributed by atoms with Crippen LogP contribution in [-0.4, -0.2) is 16.7 Å². The predicted octanol–water partition coefficient (Wildman–Crippen LogP) is 6.43. The van der Waals surface area contributed by atoms with E-state index in [1.165, 1.54) is 6.07 Å². The highest BCUT2D eigenvalue weighted by molar-refractivity contribution is 6.30. The maximum Gasteiger partial charge on any atom is 0.416 e. The molecule has 3 nitrogen and oxygen atoms in total. The molecule has 0 atom stereocenters. The number of rotatable bonds is 4. The number of halogens is 4. The molecule has 4 aromatic rings. The number of methoxy groups -OCH3 is 1. The molecule has 1 heterocycles. The van der Waals surface area contributed by atoms with Gasteiger partial charge in [-0.3, -0.25) is 0 Å². The fourth-order valence-corrected chi connectivity index (χ4v) is 3.48. The minimum absolute atomic E-state index is 0.386. The number of ether oxygens (including phenoxy) is 1. The van der Waals surface area contributed by atoms with Crippen LogP contribution in [-0.2, 0) is 12.7 Å². The summed E-state index contributed by atoms with van der Waals surface area (Å²) in [5.41, 5.74) is 2.02. The predicted molar refractivity (Wildman–Crippen MR) is 107 cm³/mol.